The van der Waals surface area contributed by atoms with Crippen LogP contribution >= 0.6 is 0 Å². The minimum Gasteiger partial charge on any atom is -0.340 e. The lowest BCUT2D eigenvalue weighted by atomic mass is 10.2. The number of nitrogens with zero attached hydrogens (tertiary/aromatic N) is 4. The van der Waals surface area contributed by atoms with Gasteiger partial charge in [-0.25, -0.2) is 0 Å². The summed E-state index contributed by atoms with van der Waals surface area (Å²) in [4.78, 5) is 16.4. The summed E-state index contributed by atoms with van der Waals surface area (Å²) in [5.41, 5.74) is 2.41. The Kier molecular flexibility index (Phi) is 3.31. The molecule has 0 spiro atoms. The second kappa shape index (κ2) is 4.96. The van der Waals surface area contributed by atoms with Gasteiger partial charge in [-0.05, 0) is 19.8 Å². The monoisotopic (exact) mass is 262 g/mol. The summed E-state index contributed by atoms with van der Waals surface area (Å²) >= 11 is 0. The van der Waals surface area contributed by atoms with Crippen LogP contribution in [0.25, 0.3) is 0 Å². The fraction of sp³-hybridized carbons (Fsp3) is 0.714. The molecule has 0 aromatic carbocycles. The minimum absolute atomic E-state index is 0.354. The van der Waals surface area contributed by atoms with Gasteiger partial charge >= 0.3 is 0 Å². The standard InChI is InChI=1S/C14H22N4O/c1-11-13(9-16(2)15-11)10-17-5-7-18(8-6-17)14(19)12-3-4-12/h9,12H,3-8,10H2,1-2H3. The van der Waals surface area contributed by atoms with Gasteiger partial charge in [0.2, 0.25) is 5.91 Å². The molecule has 2 heterocycles. The van der Waals surface area contributed by atoms with Crippen LogP contribution in [0.5, 0.6) is 0 Å². The second-order valence-corrected chi connectivity index (χ2v) is 5.79. The van der Waals surface area contributed by atoms with Crippen LogP contribution in [0.2, 0.25) is 0 Å². The summed E-state index contributed by atoms with van der Waals surface area (Å²) in [5.74, 6) is 0.740. The fourth-order valence-corrected chi connectivity index (χ4v) is 2.76. The Morgan fingerprint density at radius 1 is 1.32 bits per heavy atom. The van der Waals surface area contributed by atoms with Gasteiger partial charge in [0.05, 0.1) is 5.69 Å². The lowest BCUT2D eigenvalue weighted by molar-refractivity contribution is -0.134. The molecule has 0 N–H and O–H groups in total. The molecular weight excluding hydrogens is 240 g/mol. The van der Waals surface area contributed by atoms with Crippen molar-refractivity contribution < 1.29 is 4.79 Å². The van der Waals surface area contributed by atoms with Crippen molar-refractivity contribution in [1.82, 2.24) is 19.6 Å². The van der Waals surface area contributed by atoms with Crippen molar-refractivity contribution in [3.63, 3.8) is 0 Å². The van der Waals surface area contributed by atoms with Crippen molar-refractivity contribution in [3.05, 3.63) is 17.5 Å². The van der Waals surface area contributed by atoms with Gasteiger partial charge in [0.25, 0.3) is 0 Å². The maximum Gasteiger partial charge on any atom is 0.225 e. The summed E-state index contributed by atoms with van der Waals surface area (Å²) < 4.78 is 1.87. The lowest BCUT2D eigenvalue weighted by Crippen LogP contribution is -2.48. The van der Waals surface area contributed by atoms with Crippen molar-refractivity contribution in [2.75, 3.05) is 26.2 Å². The summed E-state index contributed by atoms with van der Waals surface area (Å²) in [6.45, 7) is 6.73. The highest BCUT2D eigenvalue weighted by Crippen LogP contribution is 2.31. The quantitative estimate of drug-likeness (QED) is 0.808. The Bertz CT molecular complexity index is 470. The van der Waals surface area contributed by atoms with Crippen molar-refractivity contribution in [3.8, 4) is 0 Å². The summed E-state index contributed by atoms with van der Waals surface area (Å²) in [7, 11) is 1.96. The van der Waals surface area contributed by atoms with Gasteiger partial charge in [-0.2, -0.15) is 5.10 Å². The van der Waals surface area contributed by atoms with Gasteiger partial charge in [0.1, 0.15) is 0 Å². The van der Waals surface area contributed by atoms with Gasteiger partial charge < -0.3 is 4.90 Å². The Morgan fingerprint density at radius 2 is 2.00 bits per heavy atom. The molecule has 1 saturated carbocycles. The highest BCUT2D eigenvalue weighted by atomic mass is 16.2. The second-order valence-electron chi connectivity index (χ2n) is 5.79. The van der Waals surface area contributed by atoms with Crippen LogP contribution in [0.4, 0.5) is 0 Å². The van der Waals surface area contributed by atoms with Crippen LogP contribution in [0.1, 0.15) is 24.1 Å². The van der Waals surface area contributed by atoms with E-state index in [1.54, 1.807) is 0 Å². The van der Waals surface area contributed by atoms with E-state index in [4.69, 9.17) is 0 Å². The van der Waals surface area contributed by atoms with Gasteiger partial charge in [-0.3, -0.25) is 14.4 Å². The molecule has 1 aliphatic carbocycles. The van der Waals surface area contributed by atoms with Gasteiger partial charge in [0, 0.05) is 57.4 Å². The summed E-state index contributed by atoms with van der Waals surface area (Å²) in [6, 6.07) is 0. The number of hydrogen-bond donors (Lipinski definition) is 0. The first-order chi connectivity index (χ1) is 9.13. The number of carbonyl (C=O) groups is 1. The van der Waals surface area contributed by atoms with Gasteiger partial charge in [-0.15, -0.1) is 0 Å². The van der Waals surface area contributed by atoms with E-state index in [0.717, 1.165) is 51.3 Å². The fourth-order valence-electron chi connectivity index (χ4n) is 2.76. The first kappa shape index (κ1) is 12.7. The molecule has 19 heavy (non-hydrogen) atoms. The smallest absolute Gasteiger partial charge is 0.225 e. The molecule has 5 nitrogen and oxygen atoms in total. The van der Waals surface area contributed by atoms with Crippen molar-refractivity contribution in [2.24, 2.45) is 13.0 Å². The third kappa shape index (κ3) is 2.81. The molecule has 1 saturated heterocycles. The van der Waals surface area contributed by atoms with Crippen LogP contribution in [-0.4, -0.2) is 51.7 Å². The molecule has 5 heteroatoms. The minimum atomic E-state index is 0.354. The molecule has 1 aromatic heterocycles. The number of hydrogen-bond acceptors (Lipinski definition) is 3. The van der Waals surface area contributed by atoms with Crippen LogP contribution in [-0.2, 0) is 18.4 Å². The maximum absolute atomic E-state index is 12.0. The first-order valence-corrected chi connectivity index (χ1v) is 7.14. The average Bonchev–Trinajstić information content (AvgIpc) is 3.17. The molecule has 2 aliphatic rings. The molecule has 0 atom stereocenters. The zero-order valence-electron chi connectivity index (χ0n) is 11.8. The molecular formula is C14H22N4O. The van der Waals surface area contributed by atoms with Crippen molar-refractivity contribution >= 4 is 5.91 Å². The first-order valence-electron chi connectivity index (χ1n) is 7.14. The predicted molar refractivity (Wildman–Crippen MR) is 72.5 cm³/mol. The third-order valence-electron chi connectivity index (χ3n) is 4.12. The Labute approximate surface area is 114 Å². The normalized spacial score (nSPS) is 20.8. The van der Waals surface area contributed by atoms with E-state index in [2.05, 4.69) is 23.1 Å². The average molecular weight is 262 g/mol. The topological polar surface area (TPSA) is 41.4 Å². The van der Waals surface area contributed by atoms with E-state index in [-0.39, 0.29) is 0 Å². The van der Waals surface area contributed by atoms with E-state index < -0.39 is 0 Å². The number of aryl methyl sites for hydroxylation is 2. The van der Waals surface area contributed by atoms with Gasteiger partial charge in [0.15, 0.2) is 0 Å². The van der Waals surface area contributed by atoms with Crippen LogP contribution in [0.15, 0.2) is 6.20 Å². The van der Waals surface area contributed by atoms with E-state index in [1.807, 2.05) is 16.6 Å². The number of amides is 1. The lowest BCUT2D eigenvalue weighted by Gasteiger charge is -2.34. The van der Waals surface area contributed by atoms with E-state index >= 15 is 0 Å². The van der Waals surface area contributed by atoms with E-state index in [1.165, 1.54) is 5.56 Å². The van der Waals surface area contributed by atoms with Gasteiger partial charge in [-0.1, -0.05) is 0 Å². The summed E-state index contributed by atoms with van der Waals surface area (Å²) in [6.07, 6.45) is 4.30. The molecule has 1 aromatic rings. The van der Waals surface area contributed by atoms with E-state index in [9.17, 15) is 4.79 Å². The Hall–Kier alpha value is -1.36. The highest BCUT2D eigenvalue weighted by molar-refractivity contribution is 5.81. The molecule has 1 amide bonds. The van der Waals surface area contributed by atoms with Crippen LogP contribution < -0.4 is 0 Å². The summed E-state index contributed by atoms with van der Waals surface area (Å²) in [5, 5.41) is 4.38. The van der Waals surface area contributed by atoms with Crippen molar-refractivity contribution in [1.29, 1.82) is 0 Å². The SMILES string of the molecule is Cc1nn(C)cc1CN1CCN(C(=O)C2CC2)CC1. The number of carbonyl (C=O) groups excluding carboxylic acids is 1. The molecule has 3 rings (SSSR count). The largest absolute Gasteiger partial charge is 0.340 e. The number of piperazine rings is 1. The Morgan fingerprint density at radius 3 is 2.53 bits per heavy atom. The number of rotatable bonds is 3. The molecule has 0 bridgehead atoms. The Balaban J connectivity index is 1.52. The van der Waals surface area contributed by atoms with Crippen LogP contribution in [0, 0.1) is 12.8 Å². The third-order valence-corrected chi connectivity index (χ3v) is 4.12. The molecule has 1 aliphatic heterocycles. The number of aromatic nitrogens is 2. The van der Waals surface area contributed by atoms with Crippen LogP contribution in [0.3, 0.4) is 0 Å². The molecule has 0 unspecified atom stereocenters. The highest BCUT2D eigenvalue weighted by Gasteiger charge is 2.34. The zero-order chi connectivity index (χ0) is 13.4. The molecule has 104 valence electrons. The van der Waals surface area contributed by atoms with E-state index in [0.29, 0.717) is 11.8 Å². The maximum atomic E-state index is 12.0. The molecule has 2 fully saturated rings. The predicted octanol–water partition coefficient (Wildman–Crippen LogP) is 0.783. The molecule has 0 radical (unpaired) electrons. The van der Waals surface area contributed by atoms with Crippen molar-refractivity contribution in [2.45, 2.75) is 26.3 Å². The zero-order valence-corrected chi connectivity index (χ0v) is 11.8.